The second-order valence-electron chi connectivity index (χ2n) is 4.97. The maximum absolute atomic E-state index is 12.3. The van der Waals surface area contributed by atoms with E-state index in [4.69, 9.17) is 0 Å². The van der Waals surface area contributed by atoms with Crippen LogP contribution in [0.15, 0.2) is 53.0 Å². The van der Waals surface area contributed by atoms with Gasteiger partial charge in [0.15, 0.2) is 0 Å². The van der Waals surface area contributed by atoms with E-state index < -0.39 is 0 Å². The second kappa shape index (κ2) is 6.52. The van der Waals surface area contributed by atoms with Gasteiger partial charge >= 0.3 is 0 Å². The first-order valence-corrected chi connectivity index (χ1v) is 8.51. The molecule has 0 aliphatic rings. The van der Waals surface area contributed by atoms with Gasteiger partial charge in [0.2, 0.25) is 0 Å². The molecule has 116 valence electrons. The standard InChI is InChI=1S/C17H13BrN2O2S/c1-10-13-4-2-3-5-14(13)23-15(10)17(22)20-19-16(21)11-6-8-12(18)9-7-11/h2-9H,1H3,(H,19,21)(H,20,22). The van der Waals surface area contributed by atoms with Crippen LogP contribution in [0, 0.1) is 6.92 Å². The van der Waals surface area contributed by atoms with Gasteiger partial charge in [0.1, 0.15) is 0 Å². The third-order valence-electron chi connectivity index (χ3n) is 3.45. The fourth-order valence-corrected chi connectivity index (χ4v) is 3.60. The minimum absolute atomic E-state index is 0.311. The fourth-order valence-electron chi connectivity index (χ4n) is 2.23. The summed E-state index contributed by atoms with van der Waals surface area (Å²) in [6, 6.07) is 14.7. The number of thiophene rings is 1. The Morgan fingerprint density at radius 1 is 0.957 bits per heavy atom. The number of carbonyl (C=O) groups excluding carboxylic acids is 2. The van der Waals surface area contributed by atoms with Gasteiger partial charge < -0.3 is 0 Å². The van der Waals surface area contributed by atoms with Gasteiger partial charge in [-0.25, -0.2) is 0 Å². The number of hydrogen-bond acceptors (Lipinski definition) is 3. The summed E-state index contributed by atoms with van der Waals surface area (Å²) in [5.74, 6) is -0.668. The van der Waals surface area contributed by atoms with E-state index in [1.807, 2.05) is 31.2 Å². The Morgan fingerprint density at radius 3 is 2.30 bits per heavy atom. The Bertz CT molecular complexity index is 887. The molecule has 0 unspecified atom stereocenters. The Balaban J connectivity index is 1.72. The minimum atomic E-state index is -0.357. The van der Waals surface area contributed by atoms with E-state index in [2.05, 4.69) is 26.8 Å². The van der Waals surface area contributed by atoms with Crippen molar-refractivity contribution in [3.8, 4) is 0 Å². The van der Waals surface area contributed by atoms with Crippen LogP contribution in [0.5, 0.6) is 0 Å². The number of carbonyl (C=O) groups is 2. The summed E-state index contributed by atoms with van der Waals surface area (Å²) >= 11 is 4.72. The zero-order chi connectivity index (χ0) is 16.4. The molecule has 2 amide bonds. The van der Waals surface area contributed by atoms with Crippen molar-refractivity contribution in [1.82, 2.24) is 10.9 Å². The third kappa shape index (κ3) is 3.28. The van der Waals surface area contributed by atoms with Crippen molar-refractivity contribution in [2.45, 2.75) is 6.92 Å². The summed E-state index contributed by atoms with van der Waals surface area (Å²) in [7, 11) is 0. The first kappa shape index (κ1) is 15.7. The molecule has 0 spiro atoms. The van der Waals surface area contributed by atoms with E-state index >= 15 is 0 Å². The molecule has 0 saturated heterocycles. The normalized spacial score (nSPS) is 10.5. The maximum atomic E-state index is 12.3. The van der Waals surface area contributed by atoms with Crippen molar-refractivity contribution >= 4 is 49.2 Å². The van der Waals surface area contributed by atoms with Crippen molar-refractivity contribution in [1.29, 1.82) is 0 Å². The van der Waals surface area contributed by atoms with E-state index in [1.54, 1.807) is 24.3 Å². The molecule has 2 aromatic carbocycles. The lowest BCUT2D eigenvalue weighted by Crippen LogP contribution is -2.41. The number of hydrogen-bond donors (Lipinski definition) is 2. The summed E-state index contributed by atoms with van der Waals surface area (Å²) in [6.07, 6.45) is 0. The lowest BCUT2D eigenvalue weighted by Gasteiger charge is -2.07. The van der Waals surface area contributed by atoms with E-state index in [-0.39, 0.29) is 11.8 Å². The summed E-state index contributed by atoms with van der Waals surface area (Å²) in [6.45, 7) is 1.91. The molecule has 0 aliphatic carbocycles. The number of hydrazine groups is 1. The zero-order valence-electron chi connectivity index (χ0n) is 12.2. The number of nitrogens with one attached hydrogen (secondary N) is 2. The Kier molecular flexibility index (Phi) is 4.45. The van der Waals surface area contributed by atoms with Crippen LogP contribution in [0.2, 0.25) is 0 Å². The minimum Gasteiger partial charge on any atom is -0.267 e. The van der Waals surface area contributed by atoms with E-state index in [9.17, 15) is 9.59 Å². The molecule has 0 atom stereocenters. The first-order chi connectivity index (χ1) is 11.1. The van der Waals surface area contributed by atoms with Crippen LogP contribution in [-0.4, -0.2) is 11.8 Å². The number of rotatable bonds is 2. The van der Waals surface area contributed by atoms with Gasteiger partial charge in [0.05, 0.1) is 4.88 Å². The highest BCUT2D eigenvalue weighted by Crippen LogP contribution is 2.30. The van der Waals surface area contributed by atoms with E-state index in [1.165, 1.54) is 11.3 Å². The van der Waals surface area contributed by atoms with Crippen LogP contribution in [0.25, 0.3) is 10.1 Å². The molecule has 3 aromatic rings. The summed E-state index contributed by atoms with van der Waals surface area (Å²) < 4.78 is 1.94. The van der Waals surface area contributed by atoms with Crippen molar-refractivity contribution in [2.24, 2.45) is 0 Å². The van der Waals surface area contributed by atoms with Crippen LogP contribution >= 0.6 is 27.3 Å². The van der Waals surface area contributed by atoms with Crippen molar-refractivity contribution in [3.63, 3.8) is 0 Å². The van der Waals surface area contributed by atoms with Crippen LogP contribution in [0.1, 0.15) is 25.6 Å². The number of amides is 2. The molecule has 23 heavy (non-hydrogen) atoms. The van der Waals surface area contributed by atoms with Gasteiger partial charge in [0.25, 0.3) is 11.8 Å². The predicted molar refractivity (Wildman–Crippen MR) is 95.6 cm³/mol. The quantitative estimate of drug-likeness (QED) is 0.650. The lowest BCUT2D eigenvalue weighted by molar-refractivity contribution is 0.0848. The van der Waals surface area contributed by atoms with Gasteiger partial charge in [-0.3, -0.25) is 20.4 Å². The van der Waals surface area contributed by atoms with E-state index in [0.29, 0.717) is 10.4 Å². The Labute approximate surface area is 145 Å². The van der Waals surface area contributed by atoms with Crippen molar-refractivity contribution < 1.29 is 9.59 Å². The monoisotopic (exact) mass is 388 g/mol. The second-order valence-corrected chi connectivity index (χ2v) is 6.94. The highest BCUT2D eigenvalue weighted by molar-refractivity contribution is 9.10. The summed E-state index contributed by atoms with van der Waals surface area (Å²) in [5.41, 5.74) is 6.31. The SMILES string of the molecule is Cc1c(C(=O)NNC(=O)c2ccc(Br)cc2)sc2ccccc12. The molecular weight excluding hydrogens is 376 g/mol. The maximum Gasteiger partial charge on any atom is 0.280 e. The highest BCUT2D eigenvalue weighted by Gasteiger charge is 2.16. The van der Waals surface area contributed by atoms with Crippen LogP contribution in [0.4, 0.5) is 0 Å². The first-order valence-electron chi connectivity index (χ1n) is 6.90. The van der Waals surface area contributed by atoms with Crippen LogP contribution in [0.3, 0.4) is 0 Å². The van der Waals surface area contributed by atoms with Gasteiger partial charge in [0, 0.05) is 14.7 Å². The number of halogens is 1. The molecule has 2 N–H and O–H groups in total. The number of aryl methyl sites for hydroxylation is 1. The van der Waals surface area contributed by atoms with Crippen LogP contribution in [-0.2, 0) is 0 Å². The Morgan fingerprint density at radius 2 is 1.61 bits per heavy atom. The molecule has 0 bridgehead atoms. The number of fused-ring (bicyclic) bond motifs is 1. The topological polar surface area (TPSA) is 58.2 Å². The van der Waals surface area contributed by atoms with Gasteiger partial charge in [-0.2, -0.15) is 0 Å². The van der Waals surface area contributed by atoms with Gasteiger partial charge in [-0.1, -0.05) is 34.1 Å². The van der Waals surface area contributed by atoms with Crippen LogP contribution < -0.4 is 10.9 Å². The summed E-state index contributed by atoms with van der Waals surface area (Å²) in [5, 5.41) is 1.06. The predicted octanol–water partition coefficient (Wildman–Crippen LogP) is 4.05. The molecule has 1 aromatic heterocycles. The van der Waals surface area contributed by atoms with Crippen molar-refractivity contribution in [2.75, 3.05) is 0 Å². The lowest BCUT2D eigenvalue weighted by atomic mass is 10.1. The van der Waals surface area contributed by atoms with Gasteiger partial charge in [-0.15, -0.1) is 11.3 Å². The molecule has 3 rings (SSSR count). The molecule has 0 saturated carbocycles. The largest absolute Gasteiger partial charge is 0.280 e. The average molecular weight is 389 g/mol. The molecular formula is C17H13BrN2O2S. The Hall–Kier alpha value is -2.18. The molecule has 1 heterocycles. The zero-order valence-corrected chi connectivity index (χ0v) is 14.6. The molecule has 0 fully saturated rings. The fraction of sp³-hybridized carbons (Fsp3) is 0.0588. The highest BCUT2D eigenvalue weighted by atomic mass is 79.9. The molecule has 0 aliphatic heterocycles. The van der Waals surface area contributed by atoms with E-state index in [0.717, 1.165) is 20.1 Å². The summed E-state index contributed by atoms with van der Waals surface area (Å²) in [4.78, 5) is 24.9. The molecule has 4 nitrogen and oxygen atoms in total. The average Bonchev–Trinajstić information content (AvgIpc) is 2.90. The third-order valence-corrected chi connectivity index (χ3v) is 5.25. The molecule has 6 heteroatoms. The molecule has 0 radical (unpaired) electrons. The van der Waals surface area contributed by atoms with Gasteiger partial charge in [-0.05, 0) is 48.2 Å². The smallest absolute Gasteiger partial charge is 0.267 e. The number of benzene rings is 2. The van der Waals surface area contributed by atoms with Crippen molar-refractivity contribution in [3.05, 3.63) is 69.0 Å².